The first-order chi connectivity index (χ1) is 6.70. The summed E-state index contributed by atoms with van der Waals surface area (Å²) in [5.74, 6) is 0.812. The molecule has 0 amide bonds. The fourth-order valence-electron chi connectivity index (χ4n) is 3.10. The van der Waals surface area contributed by atoms with Crippen LogP contribution in [0.2, 0.25) is 0 Å². The van der Waals surface area contributed by atoms with Crippen molar-refractivity contribution >= 4 is 0 Å². The molecule has 0 atom stereocenters. The van der Waals surface area contributed by atoms with Crippen molar-refractivity contribution in [3.05, 3.63) is 0 Å². The number of hydrogen-bond donors (Lipinski definition) is 1. The number of rotatable bonds is 2. The normalized spacial score (nSPS) is 27.6. The number of piperazine rings is 1. The minimum absolute atomic E-state index is 0.507. The summed E-state index contributed by atoms with van der Waals surface area (Å²) < 4.78 is 0. The van der Waals surface area contributed by atoms with Gasteiger partial charge in [0.25, 0.3) is 0 Å². The van der Waals surface area contributed by atoms with Crippen molar-refractivity contribution in [1.82, 2.24) is 10.2 Å². The fourth-order valence-corrected chi connectivity index (χ4v) is 3.10. The van der Waals surface area contributed by atoms with Gasteiger partial charge in [0.2, 0.25) is 0 Å². The Hall–Kier alpha value is -0.0800. The number of hydrogen-bond acceptors (Lipinski definition) is 2. The summed E-state index contributed by atoms with van der Waals surface area (Å²) in [5.41, 5.74) is 0.507. The van der Waals surface area contributed by atoms with Crippen molar-refractivity contribution in [3.63, 3.8) is 0 Å². The van der Waals surface area contributed by atoms with Gasteiger partial charge in [0.15, 0.2) is 0 Å². The van der Waals surface area contributed by atoms with Gasteiger partial charge in [-0.05, 0) is 18.8 Å². The van der Waals surface area contributed by atoms with E-state index in [4.69, 9.17) is 0 Å². The topological polar surface area (TPSA) is 15.3 Å². The zero-order valence-electron chi connectivity index (χ0n) is 9.68. The van der Waals surface area contributed by atoms with Crippen LogP contribution in [-0.4, -0.2) is 36.6 Å². The molecule has 0 bridgehead atoms. The van der Waals surface area contributed by atoms with Gasteiger partial charge in [-0.25, -0.2) is 0 Å². The van der Waals surface area contributed by atoms with Crippen molar-refractivity contribution in [2.75, 3.05) is 26.2 Å². The summed E-state index contributed by atoms with van der Waals surface area (Å²) in [7, 11) is 0. The Morgan fingerprint density at radius 2 is 2.00 bits per heavy atom. The Bertz CT molecular complexity index is 183. The highest BCUT2D eigenvalue weighted by molar-refractivity contribution is 4.98. The lowest BCUT2D eigenvalue weighted by atomic mass is 9.94. The van der Waals surface area contributed by atoms with Crippen LogP contribution in [0.3, 0.4) is 0 Å². The van der Waals surface area contributed by atoms with Gasteiger partial charge in [-0.3, -0.25) is 4.90 Å². The number of nitrogens with zero attached hydrogens (tertiary/aromatic N) is 1. The molecule has 1 saturated heterocycles. The first kappa shape index (κ1) is 10.4. The highest BCUT2D eigenvalue weighted by Gasteiger charge is 2.37. The fraction of sp³-hybridized carbons (Fsp3) is 1.00. The highest BCUT2D eigenvalue weighted by Crippen LogP contribution is 2.31. The SMILES string of the molecule is CC(C)CN1CCNC2(CCCC2)C1. The highest BCUT2D eigenvalue weighted by atomic mass is 15.2. The molecule has 0 radical (unpaired) electrons. The van der Waals surface area contributed by atoms with Crippen molar-refractivity contribution in [2.45, 2.75) is 45.1 Å². The van der Waals surface area contributed by atoms with Gasteiger partial charge < -0.3 is 5.32 Å². The third-order valence-corrected chi connectivity index (χ3v) is 3.64. The largest absolute Gasteiger partial charge is 0.309 e. The van der Waals surface area contributed by atoms with E-state index in [2.05, 4.69) is 24.1 Å². The predicted octanol–water partition coefficient (Wildman–Crippen LogP) is 1.86. The third kappa shape index (κ3) is 2.29. The van der Waals surface area contributed by atoms with E-state index in [1.54, 1.807) is 0 Å². The molecule has 1 spiro atoms. The van der Waals surface area contributed by atoms with Crippen LogP contribution in [0, 0.1) is 5.92 Å². The maximum atomic E-state index is 3.76. The zero-order chi connectivity index (χ0) is 10.0. The quantitative estimate of drug-likeness (QED) is 0.725. The van der Waals surface area contributed by atoms with Gasteiger partial charge in [0.1, 0.15) is 0 Å². The smallest absolute Gasteiger partial charge is 0.0309 e. The lowest BCUT2D eigenvalue weighted by Crippen LogP contribution is -2.59. The molecule has 1 heterocycles. The molecule has 2 fully saturated rings. The van der Waals surface area contributed by atoms with E-state index in [1.165, 1.54) is 51.9 Å². The molecule has 2 nitrogen and oxygen atoms in total. The van der Waals surface area contributed by atoms with E-state index in [0.29, 0.717) is 5.54 Å². The van der Waals surface area contributed by atoms with Gasteiger partial charge in [0, 0.05) is 31.7 Å². The van der Waals surface area contributed by atoms with Crippen molar-refractivity contribution in [3.8, 4) is 0 Å². The second-order valence-corrected chi connectivity index (χ2v) is 5.54. The zero-order valence-corrected chi connectivity index (χ0v) is 9.68. The van der Waals surface area contributed by atoms with Crippen LogP contribution in [0.25, 0.3) is 0 Å². The molecule has 14 heavy (non-hydrogen) atoms. The minimum atomic E-state index is 0.507. The molecule has 0 aromatic rings. The minimum Gasteiger partial charge on any atom is -0.309 e. The van der Waals surface area contributed by atoms with Gasteiger partial charge in [-0.15, -0.1) is 0 Å². The molecule has 2 rings (SSSR count). The van der Waals surface area contributed by atoms with E-state index in [-0.39, 0.29) is 0 Å². The molecule has 2 aliphatic rings. The molecular formula is C12H24N2. The van der Waals surface area contributed by atoms with Crippen LogP contribution in [-0.2, 0) is 0 Å². The summed E-state index contributed by atoms with van der Waals surface area (Å²) in [5, 5.41) is 3.76. The lowest BCUT2D eigenvalue weighted by molar-refractivity contribution is 0.123. The number of nitrogens with one attached hydrogen (secondary N) is 1. The molecule has 1 N–H and O–H groups in total. The third-order valence-electron chi connectivity index (χ3n) is 3.64. The van der Waals surface area contributed by atoms with E-state index < -0.39 is 0 Å². The van der Waals surface area contributed by atoms with Crippen LogP contribution in [0.5, 0.6) is 0 Å². The van der Waals surface area contributed by atoms with Crippen molar-refractivity contribution in [1.29, 1.82) is 0 Å². The standard InChI is InChI=1S/C12H24N2/c1-11(2)9-14-8-7-13-12(10-14)5-3-4-6-12/h11,13H,3-10H2,1-2H3. The average Bonchev–Trinajstić information content (AvgIpc) is 2.52. The van der Waals surface area contributed by atoms with Crippen LogP contribution < -0.4 is 5.32 Å². The molecule has 2 heteroatoms. The van der Waals surface area contributed by atoms with Gasteiger partial charge in [0.05, 0.1) is 0 Å². The molecular weight excluding hydrogens is 172 g/mol. The lowest BCUT2D eigenvalue weighted by Gasteiger charge is -2.42. The first-order valence-corrected chi connectivity index (χ1v) is 6.18. The predicted molar refractivity (Wildman–Crippen MR) is 60.5 cm³/mol. The van der Waals surface area contributed by atoms with Gasteiger partial charge in [-0.2, -0.15) is 0 Å². The average molecular weight is 196 g/mol. The summed E-state index contributed by atoms with van der Waals surface area (Å²) in [6.45, 7) is 9.67. The van der Waals surface area contributed by atoms with Crippen LogP contribution in [0.1, 0.15) is 39.5 Å². The Balaban J connectivity index is 1.90. The molecule has 1 saturated carbocycles. The van der Waals surface area contributed by atoms with Crippen molar-refractivity contribution in [2.24, 2.45) is 5.92 Å². The van der Waals surface area contributed by atoms with E-state index >= 15 is 0 Å². The van der Waals surface area contributed by atoms with Crippen LogP contribution in [0.15, 0.2) is 0 Å². The summed E-state index contributed by atoms with van der Waals surface area (Å²) in [4.78, 5) is 2.66. The molecule has 82 valence electrons. The van der Waals surface area contributed by atoms with E-state index in [9.17, 15) is 0 Å². The van der Waals surface area contributed by atoms with Crippen LogP contribution in [0.4, 0.5) is 0 Å². The molecule has 1 aliphatic heterocycles. The summed E-state index contributed by atoms with van der Waals surface area (Å²) in [6.07, 6.45) is 5.67. The van der Waals surface area contributed by atoms with Gasteiger partial charge >= 0.3 is 0 Å². The summed E-state index contributed by atoms with van der Waals surface area (Å²) >= 11 is 0. The Morgan fingerprint density at radius 1 is 1.29 bits per heavy atom. The molecule has 1 aliphatic carbocycles. The molecule has 0 unspecified atom stereocenters. The second-order valence-electron chi connectivity index (χ2n) is 5.54. The van der Waals surface area contributed by atoms with E-state index in [0.717, 1.165) is 5.92 Å². The van der Waals surface area contributed by atoms with Crippen LogP contribution >= 0.6 is 0 Å². The summed E-state index contributed by atoms with van der Waals surface area (Å²) in [6, 6.07) is 0. The van der Waals surface area contributed by atoms with E-state index in [1.807, 2.05) is 0 Å². The molecule has 0 aromatic heterocycles. The van der Waals surface area contributed by atoms with Crippen molar-refractivity contribution < 1.29 is 0 Å². The monoisotopic (exact) mass is 196 g/mol. The Labute approximate surface area is 88.1 Å². The maximum Gasteiger partial charge on any atom is 0.0309 e. The molecule has 0 aromatic carbocycles. The van der Waals surface area contributed by atoms with Gasteiger partial charge in [-0.1, -0.05) is 26.7 Å². The Morgan fingerprint density at radius 3 is 2.64 bits per heavy atom. The maximum absolute atomic E-state index is 3.76. The first-order valence-electron chi connectivity index (χ1n) is 6.18. The second kappa shape index (κ2) is 4.19. The Kier molecular flexibility index (Phi) is 3.13.